The van der Waals surface area contributed by atoms with Crippen molar-refractivity contribution < 1.29 is 13.2 Å². The molecule has 1 atom stereocenters. The van der Waals surface area contributed by atoms with Crippen molar-refractivity contribution in [3.05, 3.63) is 18.2 Å². The number of methoxy groups -OCH3 is 1. The molecule has 0 aromatic heterocycles. The first-order valence-corrected chi connectivity index (χ1v) is 8.35. The molecule has 21 heavy (non-hydrogen) atoms. The number of benzene rings is 1. The molecule has 1 unspecified atom stereocenters. The second-order valence-corrected chi connectivity index (χ2v) is 7.21. The van der Waals surface area contributed by atoms with Crippen molar-refractivity contribution in [3.63, 3.8) is 0 Å². The van der Waals surface area contributed by atoms with E-state index in [1.807, 2.05) is 0 Å². The van der Waals surface area contributed by atoms with E-state index in [4.69, 9.17) is 10.5 Å². The number of hydrogen-bond donors (Lipinski definition) is 2. The molecule has 0 radical (unpaired) electrons. The van der Waals surface area contributed by atoms with E-state index in [-0.39, 0.29) is 16.6 Å². The molecule has 0 bridgehead atoms. The van der Waals surface area contributed by atoms with Crippen molar-refractivity contribution in [2.24, 2.45) is 0 Å². The van der Waals surface area contributed by atoms with E-state index in [2.05, 4.69) is 12.2 Å². The first kappa shape index (κ1) is 17.7. The van der Waals surface area contributed by atoms with Gasteiger partial charge in [-0.05, 0) is 18.6 Å². The highest BCUT2D eigenvalue weighted by Crippen LogP contribution is 2.29. The minimum atomic E-state index is -3.55. The lowest BCUT2D eigenvalue weighted by Crippen LogP contribution is -2.27. The van der Waals surface area contributed by atoms with E-state index in [0.717, 1.165) is 17.1 Å². The SMILES string of the molecule is CCCC(COC)Nc1cccc(S(=O)(=O)N(C)C)c1N. The molecule has 0 aliphatic carbocycles. The largest absolute Gasteiger partial charge is 0.396 e. The van der Waals surface area contributed by atoms with E-state index >= 15 is 0 Å². The zero-order chi connectivity index (χ0) is 16.0. The van der Waals surface area contributed by atoms with Gasteiger partial charge in [0.2, 0.25) is 10.0 Å². The molecule has 0 aliphatic rings. The minimum Gasteiger partial charge on any atom is -0.396 e. The summed E-state index contributed by atoms with van der Waals surface area (Å²) in [5, 5.41) is 3.27. The monoisotopic (exact) mass is 315 g/mol. The van der Waals surface area contributed by atoms with Crippen molar-refractivity contribution in [2.75, 3.05) is 38.9 Å². The Labute approximate surface area is 127 Å². The summed E-state index contributed by atoms with van der Waals surface area (Å²) in [5.41, 5.74) is 6.90. The standard InChI is InChI=1S/C14H25N3O3S/c1-5-7-11(10-20-4)16-12-8-6-9-13(14(12)15)21(18,19)17(2)3/h6,8-9,11,16H,5,7,10,15H2,1-4H3. The average Bonchev–Trinajstić information content (AvgIpc) is 2.41. The van der Waals surface area contributed by atoms with Gasteiger partial charge in [0.25, 0.3) is 0 Å². The van der Waals surface area contributed by atoms with Crippen LogP contribution in [0.2, 0.25) is 0 Å². The fraction of sp³-hybridized carbons (Fsp3) is 0.571. The van der Waals surface area contributed by atoms with Gasteiger partial charge in [0.1, 0.15) is 4.90 Å². The molecule has 3 N–H and O–H groups in total. The molecule has 0 aliphatic heterocycles. The van der Waals surface area contributed by atoms with Crippen LogP contribution in [0.4, 0.5) is 11.4 Å². The summed E-state index contributed by atoms with van der Waals surface area (Å²) in [6, 6.07) is 5.08. The van der Waals surface area contributed by atoms with Crippen molar-refractivity contribution in [1.29, 1.82) is 0 Å². The molecular weight excluding hydrogens is 290 g/mol. The molecule has 0 fully saturated rings. The first-order chi connectivity index (χ1) is 9.84. The minimum absolute atomic E-state index is 0.0969. The van der Waals surface area contributed by atoms with Crippen molar-refractivity contribution in [2.45, 2.75) is 30.7 Å². The lowest BCUT2D eigenvalue weighted by Gasteiger charge is -2.21. The maximum Gasteiger partial charge on any atom is 0.244 e. The molecule has 1 aromatic carbocycles. The highest BCUT2D eigenvalue weighted by atomic mass is 32.2. The second kappa shape index (κ2) is 7.63. The van der Waals surface area contributed by atoms with Crippen molar-refractivity contribution in [3.8, 4) is 0 Å². The Morgan fingerprint density at radius 3 is 2.57 bits per heavy atom. The predicted octanol–water partition coefficient (Wildman–Crippen LogP) is 1.75. The summed E-state index contributed by atoms with van der Waals surface area (Å²) in [7, 11) is 1.06. The van der Waals surface area contributed by atoms with Gasteiger partial charge in [-0.15, -0.1) is 0 Å². The summed E-state index contributed by atoms with van der Waals surface area (Å²) in [5.74, 6) is 0. The van der Waals surface area contributed by atoms with Crippen LogP contribution in [-0.4, -0.2) is 46.6 Å². The molecule has 0 saturated carbocycles. The van der Waals surface area contributed by atoms with Crippen LogP contribution >= 0.6 is 0 Å². The molecule has 0 saturated heterocycles. The van der Waals surface area contributed by atoms with Gasteiger partial charge in [0, 0.05) is 27.2 Å². The Kier molecular flexibility index (Phi) is 6.44. The maximum atomic E-state index is 12.2. The molecule has 120 valence electrons. The fourth-order valence-corrected chi connectivity index (χ4v) is 3.09. The van der Waals surface area contributed by atoms with Crippen LogP contribution in [0.25, 0.3) is 0 Å². The molecule has 1 aromatic rings. The molecule has 0 amide bonds. The van der Waals surface area contributed by atoms with Crippen LogP contribution in [0.5, 0.6) is 0 Å². The van der Waals surface area contributed by atoms with Crippen LogP contribution in [0.1, 0.15) is 19.8 Å². The highest BCUT2D eigenvalue weighted by Gasteiger charge is 2.22. The Hall–Kier alpha value is -1.31. The summed E-state index contributed by atoms with van der Waals surface area (Å²) in [4.78, 5) is 0.116. The van der Waals surface area contributed by atoms with Gasteiger partial charge in [0.15, 0.2) is 0 Å². The number of nitrogens with one attached hydrogen (secondary N) is 1. The number of rotatable bonds is 8. The molecule has 0 spiro atoms. The van der Waals surface area contributed by atoms with Gasteiger partial charge >= 0.3 is 0 Å². The molecule has 6 nitrogen and oxygen atoms in total. The third kappa shape index (κ3) is 4.33. The summed E-state index contributed by atoms with van der Waals surface area (Å²) < 4.78 is 30.8. The Balaban J connectivity index is 3.11. The third-order valence-corrected chi connectivity index (χ3v) is 5.06. The van der Waals surface area contributed by atoms with Gasteiger partial charge in [-0.3, -0.25) is 0 Å². The van der Waals surface area contributed by atoms with E-state index in [0.29, 0.717) is 12.3 Å². The van der Waals surface area contributed by atoms with Gasteiger partial charge in [0.05, 0.1) is 18.0 Å². The third-order valence-electron chi connectivity index (χ3n) is 3.19. The number of nitrogen functional groups attached to an aromatic ring is 1. The summed E-state index contributed by atoms with van der Waals surface area (Å²) in [6.07, 6.45) is 1.91. The quantitative estimate of drug-likeness (QED) is 0.714. The van der Waals surface area contributed by atoms with E-state index in [9.17, 15) is 8.42 Å². The van der Waals surface area contributed by atoms with E-state index < -0.39 is 10.0 Å². The van der Waals surface area contributed by atoms with Crippen LogP contribution in [0, 0.1) is 0 Å². The summed E-state index contributed by atoms with van der Waals surface area (Å²) >= 11 is 0. The number of nitrogens with zero attached hydrogens (tertiary/aromatic N) is 1. The number of anilines is 2. The molecule has 1 rings (SSSR count). The number of para-hydroxylation sites is 1. The zero-order valence-corrected chi connectivity index (χ0v) is 13.9. The molecule has 0 heterocycles. The Morgan fingerprint density at radius 1 is 1.38 bits per heavy atom. The van der Waals surface area contributed by atoms with E-state index in [1.165, 1.54) is 20.2 Å². The lowest BCUT2D eigenvalue weighted by molar-refractivity contribution is 0.182. The zero-order valence-electron chi connectivity index (χ0n) is 13.1. The lowest BCUT2D eigenvalue weighted by atomic mass is 10.1. The van der Waals surface area contributed by atoms with Gasteiger partial charge in [-0.1, -0.05) is 19.4 Å². The Morgan fingerprint density at radius 2 is 2.05 bits per heavy atom. The molecular formula is C14H25N3O3S. The van der Waals surface area contributed by atoms with Crippen molar-refractivity contribution in [1.82, 2.24) is 4.31 Å². The van der Waals surface area contributed by atoms with Gasteiger partial charge < -0.3 is 15.8 Å². The predicted molar refractivity (Wildman–Crippen MR) is 85.9 cm³/mol. The number of ether oxygens (including phenoxy) is 1. The van der Waals surface area contributed by atoms with Crippen molar-refractivity contribution >= 4 is 21.4 Å². The van der Waals surface area contributed by atoms with Crippen LogP contribution in [0.3, 0.4) is 0 Å². The summed E-state index contributed by atoms with van der Waals surface area (Å²) in [6.45, 7) is 2.62. The molecule has 7 heteroatoms. The normalized spacial score (nSPS) is 13.4. The number of nitrogens with two attached hydrogens (primary N) is 1. The average molecular weight is 315 g/mol. The van der Waals surface area contributed by atoms with Crippen LogP contribution < -0.4 is 11.1 Å². The Bertz CT molecular complexity index is 553. The highest BCUT2D eigenvalue weighted by molar-refractivity contribution is 7.89. The van der Waals surface area contributed by atoms with Gasteiger partial charge in [-0.25, -0.2) is 12.7 Å². The van der Waals surface area contributed by atoms with Gasteiger partial charge in [-0.2, -0.15) is 0 Å². The maximum absolute atomic E-state index is 12.2. The topological polar surface area (TPSA) is 84.7 Å². The first-order valence-electron chi connectivity index (χ1n) is 6.91. The van der Waals surface area contributed by atoms with Crippen LogP contribution in [-0.2, 0) is 14.8 Å². The fourth-order valence-electron chi connectivity index (χ4n) is 2.06. The number of sulfonamides is 1. The number of hydrogen-bond acceptors (Lipinski definition) is 5. The van der Waals surface area contributed by atoms with Crippen LogP contribution in [0.15, 0.2) is 23.1 Å². The van der Waals surface area contributed by atoms with E-state index in [1.54, 1.807) is 19.2 Å². The smallest absolute Gasteiger partial charge is 0.244 e. The second-order valence-electron chi connectivity index (χ2n) is 5.09.